The molecule has 0 aromatic heterocycles. The molecule has 2 aromatic carbocycles. The summed E-state index contributed by atoms with van der Waals surface area (Å²) in [4.78, 5) is 34.3. The number of carbonyl (C=O) groups is 2. The number of hydrogen-bond acceptors (Lipinski definition) is 7. The van der Waals surface area contributed by atoms with Crippen LogP contribution in [-0.4, -0.2) is 37.1 Å². The molecule has 0 saturated heterocycles. The zero-order valence-electron chi connectivity index (χ0n) is 14.9. The first-order chi connectivity index (χ1) is 12.8. The van der Waals surface area contributed by atoms with Crippen molar-refractivity contribution in [3.05, 3.63) is 58.1 Å². The minimum Gasteiger partial charge on any atom is -0.495 e. The van der Waals surface area contributed by atoms with E-state index in [0.29, 0.717) is 5.75 Å². The molecule has 2 rings (SSSR count). The zero-order chi connectivity index (χ0) is 20.0. The highest BCUT2D eigenvalue weighted by molar-refractivity contribution is 5.96. The summed E-state index contributed by atoms with van der Waals surface area (Å²) in [6.07, 6.45) is -0.943. The third-order valence-electron chi connectivity index (χ3n) is 3.59. The Morgan fingerprint density at radius 3 is 2.52 bits per heavy atom. The first-order valence-electron chi connectivity index (χ1n) is 7.84. The molecule has 0 aliphatic rings. The fourth-order valence-corrected chi connectivity index (χ4v) is 2.21. The highest BCUT2D eigenvalue weighted by Gasteiger charge is 2.19. The molecular weight excluding hydrogens is 356 g/mol. The molecule has 0 saturated carbocycles. The number of ether oxygens (including phenoxy) is 3. The van der Waals surface area contributed by atoms with Crippen molar-refractivity contribution in [3.63, 3.8) is 0 Å². The van der Waals surface area contributed by atoms with Crippen molar-refractivity contribution in [1.29, 1.82) is 0 Å². The van der Waals surface area contributed by atoms with Crippen LogP contribution < -0.4 is 14.8 Å². The Balaban J connectivity index is 2.13. The normalized spacial score (nSPS) is 11.2. The van der Waals surface area contributed by atoms with E-state index in [1.54, 1.807) is 18.2 Å². The van der Waals surface area contributed by atoms with Crippen LogP contribution in [0, 0.1) is 10.1 Å². The maximum Gasteiger partial charge on any atom is 0.337 e. The Labute approximate surface area is 155 Å². The molecule has 0 aliphatic carbocycles. The average Bonchev–Trinajstić information content (AvgIpc) is 2.67. The van der Waals surface area contributed by atoms with Gasteiger partial charge in [0, 0.05) is 12.1 Å². The van der Waals surface area contributed by atoms with Crippen LogP contribution in [0.1, 0.15) is 17.3 Å². The minimum atomic E-state index is -0.943. The Kier molecular flexibility index (Phi) is 6.32. The number of nitro groups is 1. The Bertz CT molecular complexity index is 867. The molecule has 1 N–H and O–H groups in total. The van der Waals surface area contributed by atoms with Crippen LogP contribution in [0.4, 0.5) is 11.4 Å². The molecule has 0 heterocycles. The molecule has 9 heteroatoms. The first kappa shape index (κ1) is 19.7. The topological polar surface area (TPSA) is 117 Å². The molecule has 0 fully saturated rings. The number of carbonyl (C=O) groups excluding carboxylic acids is 2. The lowest BCUT2D eigenvalue weighted by atomic mass is 10.2. The molecule has 0 aliphatic heterocycles. The number of methoxy groups -OCH3 is 2. The number of rotatable bonds is 7. The van der Waals surface area contributed by atoms with Crippen molar-refractivity contribution in [3.8, 4) is 11.5 Å². The van der Waals surface area contributed by atoms with Crippen molar-refractivity contribution in [1.82, 2.24) is 0 Å². The maximum atomic E-state index is 12.4. The number of anilines is 1. The molecule has 2 aromatic rings. The quantitative estimate of drug-likeness (QED) is 0.450. The van der Waals surface area contributed by atoms with Crippen LogP contribution in [0.25, 0.3) is 0 Å². The first-order valence-corrected chi connectivity index (χ1v) is 7.84. The summed E-state index contributed by atoms with van der Waals surface area (Å²) in [6.45, 7) is 1.50. The smallest absolute Gasteiger partial charge is 0.337 e. The van der Waals surface area contributed by atoms with Gasteiger partial charge in [0.05, 0.1) is 30.4 Å². The van der Waals surface area contributed by atoms with Crippen LogP contribution in [0.3, 0.4) is 0 Å². The molecule has 27 heavy (non-hydrogen) atoms. The molecule has 1 atom stereocenters. The fraction of sp³-hybridized carbons (Fsp3) is 0.222. The summed E-state index contributed by atoms with van der Waals surface area (Å²) in [5.74, 6) is -0.503. The highest BCUT2D eigenvalue weighted by Crippen LogP contribution is 2.29. The molecule has 0 spiro atoms. The van der Waals surface area contributed by atoms with E-state index in [1.165, 1.54) is 45.4 Å². The van der Waals surface area contributed by atoms with Crippen molar-refractivity contribution in [2.24, 2.45) is 0 Å². The number of esters is 1. The van der Waals surface area contributed by atoms with Crippen molar-refractivity contribution < 1.29 is 28.7 Å². The van der Waals surface area contributed by atoms with Crippen LogP contribution in [0.2, 0.25) is 0 Å². The minimum absolute atomic E-state index is 0.149. The number of amides is 1. The standard InChI is InChI=1S/C18H18N2O7/c1-11(27-14-6-4-5-12(9-14)18(22)26-3)17(21)19-15-10-13(20(23)24)7-8-16(15)25-2/h4-11H,1-3H3,(H,19,21)/t11-/m0/s1. The molecule has 9 nitrogen and oxygen atoms in total. The van der Waals surface area contributed by atoms with Crippen LogP contribution in [-0.2, 0) is 9.53 Å². The van der Waals surface area contributed by atoms with Gasteiger partial charge in [0.1, 0.15) is 11.5 Å². The van der Waals surface area contributed by atoms with Crippen molar-refractivity contribution in [2.45, 2.75) is 13.0 Å². The zero-order valence-corrected chi connectivity index (χ0v) is 14.9. The largest absolute Gasteiger partial charge is 0.495 e. The van der Waals surface area contributed by atoms with Gasteiger partial charge in [0.2, 0.25) is 0 Å². The Morgan fingerprint density at radius 1 is 1.15 bits per heavy atom. The van der Waals surface area contributed by atoms with Gasteiger partial charge in [0.25, 0.3) is 11.6 Å². The van der Waals surface area contributed by atoms with E-state index in [0.717, 1.165) is 0 Å². The average molecular weight is 374 g/mol. The van der Waals surface area contributed by atoms with E-state index in [9.17, 15) is 19.7 Å². The lowest BCUT2D eigenvalue weighted by Crippen LogP contribution is -2.30. The van der Waals surface area contributed by atoms with E-state index < -0.39 is 22.9 Å². The predicted octanol–water partition coefficient (Wildman–Crippen LogP) is 2.80. The highest BCUT2D eigenvalue weighted by atomic mass is 16.6. The van der Waals surface area contributed by atoms with E-state index in [4.69, 9.17) is 9.47 Å². The maximum absolute atomic E-state index is 12.4. The SMILES string of the molecule is COC(=O)c1cccc(O[C@@H](C)C(=O)Nc2cc([N+](=O)[O-])ccc2OC)c1. The third kappa shape index (κ3) is 4.94. The van der Waals surface area contributed by atoms with Gasteiger partial charge in [-0.2, -0.15) is 0 Å². The van der Waals surface area contributed by atoms with Gasteiger partial charge in [-0.25, -0.2) is 4.79 Å². The second-order valence-corrected chi connectivity index (χ2v) is 5.41. The van der Waals surface area contributed by atoms with Gasteiger partial charge in [-0.05, 0) is 31.2 Å². The Morgan fingerprint density at radius 2 is 1.89 bits per heavy atom. The summed E-state index contributed by atoms with van der Waals surface area (Å²) >= 11 is 0. The van der Waals surface area contributed by atoms with Gasteiger partial charge in [0.15, 0.2) is 6.10 Å². The molecule has 0 unspecified atom stereocenters. The van der Waals surface area contributed by atoms with Gasteiger partial charge >= 0.3 is 5.97 Å². The summed E-state index contributed by atoms with van der Waals surface area (Å²) in [5, 5.41) is 13.5. The van der Waals surface area contributed by atoms with E-state index in [1.807, 2.05) is 0 Å². The molecular formula is C18H18N2O7. The second-order valence-electron chi connectivity index (χ2n) is 5.41. The lowest BCUT2D eigenvalue weighted by Gasteiger charge is -2.16. The summed E-state index contributed by atoms with van der Waals surface area (Å²) in [7, 11) is 2.65. The summed E-state index contributed by atoms with van der Waals surface area (Å²) in [6, 6.07) is 10.0. The number of hydrogen-bond donors (Lipinski definition) is 1. The van der Waals surface area contributed by atoms with E-state index >= 15 is 0 Å². The van der Waals surface area contributed by atoms with Gasteiger partial charge in [-0.15, -0.1) is 0 Å². The molecule has 0 radical (unpaired) electrons. The van der Waals surface area contributed by atoms with Crippen LogP contribution >= 0.6 is 0 Å². The number of nitro benzene ring substituents is 1. The van der Waals surface area contributed by atoms with Crippen molar-refractivity contribution >= 4 is 23.3 Å². The predicted molar refractivity (Wildman–Crippen MR) is 96.1 cm³/mol. The number of non-ortho nitro benzene ring substituents is 1. The van der Waals surface area contributed by atoms with Gasteiger partial charge < -0.3 is 19.5 Å². The Hall–Kier alpha value is -3.62. The monoisotopic (exact) mass is 374 g/mol. The molecule has 1 amide bonds. The van der Waals surface area contributed by atoms with Crippen LogP contribution in [0.5, 0.6) is 11.5 Å². The van der Waals surface area contributed by atoms with Crippen LogP contribution in [0.15, 0.2) is 42.5 Å². The molecule has 0 bridgehead atoms. The molecule has 142 valence electrons. The van der Waals surface area contributed by atoms with E-state index in [2.05, 4.69) is 10.1 Å². The summed E-state index contributed by atoms with van der Waals surface area (Å²) in [5.41, 5.74) is 0.240. The third-order valence-corrected chi connectivity index (χ3v) is 3.59. The van der Waals surface area contributed by atoms with E-state index in [-0.39, 0.29) is 22.7 Å². The fourth-order valence-electron chi connectivity index (χ4n) is 2.21. The number of benzene rings is 2. The second kappa shape index (κ2) is 8.65. The van der Waals surface area contributed by atoms with Gasteiger partial charge in [-0.1, -0.05) is 6.07 Å². The number of nitrogens with one attached hydrogen (secondary N) is 1. The van der Waals surface area contributed by atoms with Crippen molar-refractivity contribution in [2.75, 3.05) is 19.5 Å². The number of nitrogens with zero attached hydrogens (tertiary/aromatic N) is 1. The van der Waals surface area contributed by atoms with Gasteiger partial charge in [-0.3, -0.25) is 14.9 Å². The lowest BCUT2D eigenvalue weighted by molar-refractivity contribution is -0.384. The summed E-state index contributed by atoms with van der Waals surface area (Å²) < 4.78 is 15.3.